The normalized spacial score (nSPS) is 17.4. The Balaban J connectivity index is 1.74. The highest BCUT2D eigenvalue weighted by Gasteiger charge is 2.19. The molecule has 1 atom stereocenters. The molecule has 1 aromatic rings. The minimum atomic E-state index is -0.0828. The molecule has 1 aliphatic rings. The summed E-state index contributed by atoms with van der Waals surface area (Å²) in [5.74, 6) is 1.24. The van der Waals surface area contributed by atoms with Crippen molar-refractivity contribution in [1.29, 1.82) is 0 Å². The molecule has 1 heterocycles. The zero-order valence-electron chi connectivity index (χ0n) is 15.1. The molecule has 1 aliphatic heterocycles. The van der Waals surface area contributed by atoms with E-state index in [1.54, 1.807) is 7.05 Å². The van der Waals surface area contributed by atoms with Gasteiger partial charge in [-0.3, -0.25) is 9.79 Å². The second-order valence-corrected chi connectivity index (χ2v) is 6.77. The number of carbonyl (C=O) groups excluding carboxylic acids is 1. The van der Waals surface area contributed by atoms with Gasteiger partial charge in [-0.2, -0.15) is 0 Å². The number of amides is 1. The molecule has 2 N–H and O–H groups in total. The van der Waals surface area contributed by atoms with Gasteiger partial charge in [0.15, 0.2) is 5.96 Å². The maximum absolute atomic E-state index is 12.1. The van der Waals surface area contributed by atoms with Crippen molar-refractivity contribution in [3.63, 3.8) is 0 Å². The second-order valence-electron chi connectivity index (χ2n) is 6.37. The average molecular weight is 367 g/mol. The molecule has 138 valence electrons. The predicted octanol–water partition coefficient (Wildman–Crippen LogP) is 2.52. The quantitative estimate of drug-likeness (QED) is 0.599. The van der Waals surface area contributed by atoms with Gasteiger partial charge in [-0.15, -0.1) is 0 Å². The molecule has 7 heteroatoms. The molecule has 0 bridgehead atoms. The van der Waals surface area contributed by atoms with Crippen LogP contribution < -0.4 is 10.6 Å². The van der Waals surface area contributed by atoms with Crippen LogP contribution in [-0.4, -0.2) is 57.2 Å². The minimum Gasteiger partial charge on any atom is -0.381 e. The predicted molar refractivity (Wildman–Crippen MR) is 102 cm³/mol. The average Bonchev–Trinajstić information content (AvgIpc) is 3.07. The first-order valence-electron chi connectivity index (χ1n) is 8.55. The molecule has 0 aromatic heterocycles. The van der Waals surface area contributed by atoms with E-state index in [1.165, 1.54) is 0 Å². The van der Waals surface area contributed by atoms with Crippen molar-refractivity contribution in [1.82, 2.24) is 10.2 Å². The third-order valence-electron chi connectivity index (χ3n) is 4.16. The lowest BCUT2D eigenvalue weighted by Crippen LogP contribution is -2.42. The number of guanidine groups is 1. The number of ether oxygens (including phenoxy) is 1. The van der Waals surface area contributed by atoms with Gasteiger partial charge in [-0.1, -0.05) is 17.7 Å². The Morgan fingerprint density at radius 2 is 2.28 bits per heavy atom. The first-order chi connectivity index (χ1) is 12.0. The van der Waals surface area contributed by atoms with Crippen LogP contribution in [0.3, 0.4) is 0 Å². The lowest BCUT2D eigenvalue weighted by Gasteiger charge is -2.24. The lowest BCUT2D eigenvalue weighted by molar-refractivity contribution is -0.116. The molecular weight excluding hydrogens is 340 g/mol. The monoisotopic (exact) mass is 366 g/mol. The van der Waals surface area contributed by atoms with Crippen LogP contribution in [0.2, 0.25) is 5.02 Å². The van der Waals surface area contributed by atoms with Gasteiger partial charge in [0, 0.05) is 46.1 Å². The first-order valence-corrected chi connectivity index (χ1v) is 8.93. The highest BCUT2D eigenvalue weighted by molar-refractivity contribution is 6.33. The van der Waals surface area contributed by atoms with Crippen LogP contribution in [0, 0.1) is 12.8 Å². The van der Waals surface area contributed by atoms with Crippen LogP contribution >= 0.6 is 11.6 Å². The summed E-state index contributed by atoms with van der Waals surface area (Å²) in [6, 6.07) is 5.57. The fourth-order valence-corrected chi connectivity index (χ4v) is 3.09. The Kier molecular flexibility index (Phi) is 7.52. The molecule has 0 radical (unpaired) electrons. The molecule has 0 saturated carbocycles. The molecule has 6 nitrogen and oxygen atoms in total. The van der Waals surface area contributed by atoms with Crippen molar-refractivity contribution in [3.8, 4) is 0 Å². The minimum absolute atomic E-state index is 0.0828. The Morgan fingerprint density at radius 1 is 1.48 bits per heavy atom. The summed E-state index contributed by atoms with van der Waals surface area (Å²) >= 11 is 6.14. The molecule has 1 unspecified atom stereocenters. The fourth-order valence-electron chi connectivity index (χ4n) is 2.81. The molecule has 25 heavy (non-hydrogen) atoms. The van der Waals surface area contributed by atoms with Crippen molar-refractivity contribution >= 4 is 29.2 Å². The number of benzene rings is 1. The van der Waals surface area contributed by atoms with Crippen LogP contribution in [0.5, 0.6) is 0 Å². The number of nitrogens with zero attached hydrogens (tertiary/aromatic N) is 2. The fraction of sp³-hybridized carbons (Fsp3) is 0.556. The number of aliphatic imine (C=N–C) groups is 1. The van der Waals surface area contributed by atoms with E-state index < -0.39 is 0 Å². The zero-order valence-corrected chi connectivity index (χ0v) is 15.9. The SMILES string of the molecule is CN=C(NCCC(=O)Nc1ccc(C)cc1Cl)N(C)CC1CCOC1. The van der Waals surface area contributed by atoms with Gasteiger partial charge in [0.25, 0.3) is 0 Å². The van der Waals surface area contributed by atoms with Crippen LogP contribution in [-0.2, 0) is 9.53 Å². The van der Waals surface area contributed by atoms with Crippen LogP contribution in [0.15, 0.2) is 23.2 Å². The maximum atomic E-state index is 12.1. The number of hydrogen-bond acceptors (Lipinski definition) is 3. The molecule has 1 fully saturated rings. The summed E-state index contributed by atoms with van der Waals surface area (Å²) in [7, 11) is 3.75. The van der Waals surface area contributed by atoms with E-state index >= 15 is 0 Å². The number of halogens is 1. The number of carbonyl (C=O) groups is 1. The Morgan fingerprint density at radius 3 is 2.92 bits per heavy atom. The first kappa shape index (κ1) is 19.5. The van der Waals surface area contributed by atoms with Crippen molar-refractivity contribution in [2.24, 2.45) is 10.9 Å². The van der Waals surface area contributed by atoms with E-state index in [-0.39, 0.29) is 5.91 Å². The van der Waals surface area contributed by atoms with E-state index in [0.29, 0.717) is 29.6 Å². The van der Waals surface area contributed by atoms with E-state index in [4.69, 9.17) is 16.3 Å². The Bertz CT molecular complexity index is 615. The summed E-state index contributed by atoms with van der Waals surface area (Å²) in [6.07, 6.45) is 1.42. The summed E-state index contributed by atoms with van der Waals surface area (Å²) in [4.78, 5) is 18.4. The summed E-state index contributed by atoms with van der Waals surface area (Å²) < 4.78 is 5.41. The van der Waals surface area contributed by atoms with Crippen LogP contribution in [0.4, 0.5) is 5.69 Å². The molecule has 1 saturated heterocycles. The smallest absolute Gasteiger partial charge is 0.226 e. The summed E-state index contributed by atoms with van der Waals surface area (Å²) in [6.45, 7) is 5.01. The number of rotatable bonds is 6. The maximum Gasteiger partial charge on any atom is 0.226 e. The van der Waals surface area contributed by atoms with Gasteiger partial charge >= 0.3 is 0 Å². The van der Waals surface area contributed by atoms with E-state index in [0.717, 1.165) is 37.7 Å². The standard InChI is InChI=1S/C18H27ClN4O2/c1-13-4-5-16(15(19)10-13)22-17(24)6-8-21-18(20-2)23(3)11-14-7-9-25-12-14/h4-5,10,14H,6-9,11-12H2,1-3H3,(H,20,21)(H,22,24). The van der Waals surface area contributed by atoms with Gasteiger partial charge in [-0.25, -0.2) is 0 Å². The molecule has 1 aromatic carbocycles. The topological polar surface area (TPSA) is 66.0 Å². The van der Waals surface area contributed by atoms with Gasteiger partial charge in [0.1, 0.15) is 0 Å². The van der Waals surface area contributed by atoms with Crippen LogP contribution in [0.25, 0.3) is 0 Å². The van der Waals surface area contributed by atoms with E-state index in [2.05, 4.69) is 20.5 Å². The second kappa shape index (κ2) is 9.63. The number of aryl methyl sites for hydroxylation is 1. The van der Waals surface area contributed by atoms with Gasteiger partial charge < -0.3 is 20.3 Å². The van der Waals surface area contributed by atoms with Crippen molar-refractivity contribution < 1.29 is 9.53 Å². The third-order valence-corrected chi connectivity index (χ3v) is 4.48. The van der Waals surface area contributed by atoms with Crippen LogP contribution in [0.1, 0.15) is 18.4 Å². The molecule has 1 amide bonds. The number of nitrogens with one attached hydrogen (secondary N) is 2. The summed E-state index contributed by atoms with van der Waals surface area (Å²) in [5.41, 5.74) is 1.70. The molecular formula is C18H27ClN4O2. The van der Waals surface area contributed by atoms with Gasteiger partial charge in [-0.05, 0) is 31.0 Å². The highest BCUT2D eigenvalue weighted by Crippen LogP contribution is 2.22. The van der Waals surface area contributed by atoms with E-state index in [1.807, 2.05) is 32.2 Å². The number of anilines is 1. The lowest BCUT2D eigenvalue weighted by atomic mass is 10.1. The zero-order chi connectivity index (χ0) is 18.2. The molecule has 2 rings (SSSR count). The van der Waals surface area contributed by atoms with Gasteiger partial charge in [0.2, 0.25) is 5.91 Å². The Labute approximate surface area is 154 Å². The highest BCUT2D eigenvalue weighted by atomic mass is 35.5. The summed E-state index contributed by atoms with van der Waals surface area (Å²) in [5, 5.41) is 6.61. The number of hydrogen-bond donors (Lipinski definition) is 2. The van der Waals surface area contributed by atoms with E-state index in [9.17, 15) is 4.79 Å². The largest absolute Gasteiger partial charge is 0.381 e. The molecule has 0 spiro atoms. The van der Waals surface area contributed by atoms with Crippen molar-refractivity contribution in [3.05, 3.63) is 28.8 Å². The van der Waals surface area contributed by atoms with Crippen molar-refractivity contribution in [2.45, 2.75) is 19.8 Å². The van der Waals surface area contributed by atoms with Gasteiger partial charge in [0.05, 0.1) is 17.3 Å². The molecule has 0 aliphatic carbocycles. The third kappa shape index (κ3) is 6.21. The Hall–Kier alpha value is -1.79. The van der Waals surface area contributed by atoms with Crippen molar-refractivity contribution in [2.75, 3.05) is 45.7 Å².